The molecular weight excluding hydrogens is 412 g/mol. The molecule has 142 valence electrons. The Kier molecular flexibility index (Phi) is 7.88. The highest BCUT2D eigenvalue weighted by molar-refractivity contribution is 9.10. The number of amides is 1. The molecule has 27 heavy (non-hydrogen) atoms. The van der Waals surface area contributed by atoms with E-state index in [9.17, 15) is 4.79 Å². The summed E-state index contributed by atoms with van der Waals surface area (Å²) in [5.74, 6) is 1.32. The highest BCUT2D eigenvalue weighted by Gasteiger charge is 2.12. The molecule has 0 aromatic heterocycles. The van der Waals surface area contributed by atoms with Crippen molar-refractivity contribution in [1.29, 1.82) is 0 Å². The molecule has 0 fully saturated rings. The first kappa shape index (κ1) is 20.5. The van der Waals surface area contributed by atoms with Crippen LogP contribution in [0.5, 0.6) is 17.2 Å². The van der Waals surface area contributed by atoms with Crippen LogP contribution < -0.4 is 19.6 Å². The standard InChI is InChI=1S/C20H21BrN2O4/c1-4-10-27-17-9-7-15(21)12-16(17)20(24)23-22-13-14-6-8-18(26-5-2)19(11-14)25-3/h4,6-9,11-13H,1,5,10H2,2-3H3,(H,23,24). The molecule has 0 aliphatic rings. The van der Waals surface area contributed by atoms with Crippen LogP contribution in [0.4, 0.5) is 0 Å². The Hall–Kier alpha value is -2.80. The van der Waals surface area contributed by atoms with Gasteiger partial charge >= 0.3 is 0 Å². The van der Waals surface area contributed by atoms with Gasteiger partial charge in [0.1, 0.15) is 12.4 Å². The van der Waals surface area contributed by atoms with E-state index in [4.69, 9.17) is 14.2 Å². The number of rotatable bonds is 9. The van der Waals surface area contributed by atoms with Gasteiger partial charge in [-0.15, -0.1) is 0 Å². The molecule has 0 aliphatic heterocycles. The molecule has 2 aromatic carbocycles. The first-order chi connectivity index (χ1) is 13.1. The molecule has 7 heteroatoms. The van der Waals surface area contributed by atoms with Gasteiger partial charge < -0.3 is 14.2 Å². The zero-order chi connectivity index (χ0) is 19.6. The molecule has 1 amide bonds. The summed E-state index contributed by atoms with van der Waals surface area (Å²) in [7, 11) is 1.57. The molecule has 0 saturated carbocycles. The van der Waals surface area contributed by atoms with Crippen LogP contribution >= 0.6 is 15.9 Å². The van der Waals surface area contributed by atoms with Gasteiger partial charge in [-0.25, -0.2) is 5.43 Å². The van der Waals surface area contributed by atoms with Crippen LogP contribution in [0.3, 0.4) is 0 Å². The number of carbonyl (C=O) groups excluding carboxylic acids is 1. The Morgan fingerprint density at radius 2 is 1.96 bits per heavy atom. The molecule has 2 rings (SSSR count). The molecule has 1 N–H and O–H groups in total. The van der Waals surface area contributed by atoms with Gasteiger partial charge in [0.15, 0.2) is 11.5 Å². The lowest BCUT2D eigenvalue weighted by atomic mass is 10.2. The smallest absolute Gasteiger partial charge is 0.275 e. The third-order valence-corrected chi connectivity index (χ3v) is 3.90. The lowest BCUT2D eigenvalue weighted by Crippen LogP contribution is -2.19. The Morgan fingerprint density at radius 1 is 1.19 bits per heavy atom. The molecule has 6 nitrogen and oxygen atoms in total. The fourth-order valence-electron chi connectivity index (χ4n) is 2.22. The van der Waals surface area contributed by atoms with Crippen LogP contribution in [-0.2, 0) is 0 Å². The molecule has 0 radical (unpaired) electrons. The molecule has 0 atom stereocenters. The van der Waals surface area contributed by atoms with Crippen LogP contribution in [0.1, 0.15) is 22.8 Å². The molecule has 0 spiro atoms. The van der Waals surface area contributed by atoms with Gasteiger partial charge in [-0.05, 0) is 48.9 Å². The van der Waals surface area contributed by atoms with Gasteiger partial charge in [-0.2, -0.15) is 5.10 Å². The van der Waals surface area contributed by atoms with E-state index in [-0.39, 0.29) is 5.91 Å². The van der Waals surface area contributed by atoms with Gasteiger partial charge in [0, 0.05) is 4.47 Å². The molecule has 0 heterocycles. The fourth-order valence-corrected chi connectivity index (χ4v) is 2.58. The van der Waals surface area contributed by atoms with Crippen molar-refractivity contribution in [2.24, 2.45) is 5.10 Å². The van der Waals surface area contributed by atoms with E-state index in [0.29, 0.717) is 36.0 Å². The summed E-state index contributed by atoms with van der Waals surface area (Å²) in [6.07, 6.45) is 3.14. The molecule has 0 saturated heterocycles. The van der Waals surface area contributed by atoms with Crippen molar-refractivity contribution in [3.63, 3.8) is 0 Å². The Bertz CT molecular complexity index is 837. The van der Waals surface area contributed by atoms with Gasteiger partial charge in [0.2, 0.25) is 0 Å². The SMILES string of the molecule is C=CCOc1ccc(Br)cc1C(=O)NN=Cc1ccc(OCC)c(OC)c1. The minimum Gasteiger partial charge on any atom is -0.493 e. The number of nitrogens with one attached hydrogen (secondary N) is 1. The third-order valence-electron chi connectivity index (χ3n) is 3.41. The zero-order valence-electron chi connectivity index (χ0n) is 15.2. The van der Waals surface area contributed by atoms with Crippen LogP contribution in [0, 0.1) is 0 Å². The number of benzene rings is 2. The minimum atomic E-state index is -0.385. The van der Waals surface area contributed by atoms with Crippen molar-refractivity contribution in [2.75, 3.05) is 20.3 Å². The first-order valence-electron chi connectivity index (χ1n) is 8.26. The third kappa shape index (κ3) is 5.86. The van der Waals surface area contributed by atoms with Crippen LogP contribution in [-0.4, -0.2) is 32.4 Å². The van der Waals surface area contributed by atoms with Crippen molar-refractivity contribution < 1.29 is 19.0 Å². The van der Waals surface area contributed by atoms with E-state index in [0.717, 1.165) is 10.0 Å². The number of methoxy groups -OCH3 is 1. The second kappa shape index (κ2) is 10.4. The van der Waals surface area contributed by atoms with Crippen LogP contribution in [0.15, 0.2) is 58.6 Å². The molecule has 0 aliphatic carbocycles. The molecular formula is C20H21BrN2O4. The quantitative estimate of drug-likeness (QED) is 0.366. The van der Waals surface area contributed by atoms with E-state index >= 15 is 0 Å². The molecule has 0 bridgehead atoms. The summed E-state index contributed by atoms with van der Waals surface area (Å²) in [6.45, 7) is 6.35. The highest BCUT2D eigenvalue weighted by Crippen LogP contribution is 2.27. The van der Waals surface area contributed by atoms with Gasteiger partial charge in [-0.3, -0.25) is 4.79 Å². The summed E-state index contributed by atoms with van der Waals surface area (Å²) in [4.78, 5) is 12.4. The largest absolute Gasteiger partial charge is 0.493 e. The summed E-state index contributed by atoms with van der Waals surface area (Å²) in [5.41, 5.74) is 3.63. The number of hydrogen-bond donors (Lipinski definition) is 1. The average Bonchev–Trinajstić information content (AvgIpc) is 2.68. The zero-order valence-corrected chi connectivity index (χ0v) is 16.8. The lowest BCUT2D eigenvalue weighted by Gasteiger charge is -2.10. The number of halogens is 1. The van der Waals surface area contributed by atoms with Gasteiger partial charge in [0.05, 0.1) is 25.5 Å². The minimum absolute atomic E-state index is 0.303. The van der Waals surface area contributed by atoms with E-state index in [2.05, 4.69) is 33.0 Å². The van der Waals surface area contributed by atoms with Gasteiger partial charge in [-0.1, -0.05) is 28.6 Å². The number of nitrogens with zero attached hydrogens (tertiary/aromatic N) is 1. The summed E-state index contributed by atoms with van der Waals surface area (Å²) in [5, 5.41) is 4.01. The van der Waals surface area contributed by atoms with E-state index in [1.54, 1.807) is 43.5 Å². The summed E-state index contributed by atoms with van der Waals surface area (Å²) < 4.78 is 17.0. The monoisotopic (exact) mass is 432 g/mol. The summed E-state index contributed by atoms with van der Waals surface area (Å²) in [6, 6.07) is 10.6. The van der Waals surface area contributed by atoms with Crippen molar-refractivity contribution in [2.45, 2.75) is 6.92 Å². The number of hydrogen-bond acceptors (Lipinski definition) is 5. The normalized spacial score (nSPS) is 10.5. The maximum atomic E-state index is 12.4. The average molecular weight is 433 g/mol. The van der Waals surface area contributed by atoms with Crippen molar-refractivity contribution in [3.8, 4) is 17.2 Å². The maximum Gasteiger partial charge on any atom is 0.275 e. The lowest BCUT2D eigenvalue weighted by molar-refractivity contribution is 0.0951. The summed E-state index contributed by atoms with van der Waals surface area (Å²) >= 11 is 3.35. The van der Waals surface area contributed by atoms with Gasteiger partial charge in [0.25, 0.3) is 5.91 Å². The van der Waals surface area contributed by atoms with Crippen LogP contribution in [0.2, 0.25) is 0 Å². The second-order valence-electron chi connectivity index (χ2n) is 5.28. The van der Waals surface area contributed by atoms with Crippen molar-refractivity contribution >= 4 is 28.1 Å². The Morgan fingerprint density at radius 3 is 2.67 bits per heavy atom. The van der Waals surface area contributed by atoms with Crippen molar-refractivity contribution in [3.05, 3.63) is 64.7 Å². The number of hydrazone groups is 1. The Balaban J connectivity index is 2.11. The maximum absolute atomic E-state index is 12.4. The topological polar surface area (TPSA) is 69.2 Å². The van der Waals surface area contributed by atoms with E-state index < -0.39 is 0 Å². The fraction of sp³-hybridized carbons (Fsp3) is 0.200. The van der Waals surface area contributed by atoms with Crippen LogP contribution in [0.25, 0.3) is 0 Å². The second-order valence-corrected chi connectivity index (χ2v) is 6.20. The van der Waals surface area contributed by atoms with E-state index in [1.165, 1.54) is 6.21 Å². The number of ether oxygens (including phenoxy) is 3. The Labute approximate surface area is 167 Å². The molecule has 2 aromatic rings. The van der Waals surface area contributed by atoms with Crippen molar-refractivity contribution in [1.82, 2.24) is 5.43 Å². The first-order valence-corrected chi connectivity index (χ1v) is 9.05. The molecule has 0 unspecified atom stereocenters. The highest BCUT2D eigenvalue weighted by atomic mass is 79.9. The van der Waals surface area contributed by atoms with E-state index in [1.807, 2.05) is 13.0 Å². The predicted octanol–water partition coefficient (Wildman–Crippen LogP) is 4.19. The predicted molar refractivity (Wildman–Crippen MR) is 109 cm³/mol. The number of carbonyl (C=O) groups is 1.